The molecule has 1 aromatic rings. The van der Waals surface area contributed by atoms with E-state index >= 15 is 0 Å². The highest BCUT2D eigenvalue weighted by Gasteiger charge is 2.36. The molecule has 1 aromatic carbocycles. The number of rotatable bonds is 12. The number of aryl methyl sites for hydroxylation is 2. The molecule has 0 radical (unpaired) electrons. The molecule has 0 aliphatic heterocycles. The highest BCUT2D eigenvalue weighted by molar-refractivity contribution is 7.98. The van der Waals surface area contributed by atoms with Gasteiger partial charge < -0.3 is 20.1 Å². The molecule has 3 amide bonds. The van der Waals surface area contributed by atoms with E-state index in [2.05, 4.69) is 16.7 Å². The summed E-state index contributed by atoms with van der Waals surface area (Å²) in [6.45, 7) is 10.8. The normalized spacial score (nSPS) is 12.5. The van der Waals surface area contributed by atoms with E-state index in [4.69, 9.17) is 15.9 Å². The van der Waals surface area contributed by atoms with Gasteiger partial charge in [0, 0.05) is 12.6 Å². The van der Waals surface area contributed by atoms with Crippen molar-refractivity contribution in [1.82, 2.24) is 15.5 Å². The minimum absolute atomic E-state index is 0.0115. The van der Waals surface area contributed by atoms with E-state index in [0.717, 1.165) is 16.0 Å². The fourth-order valence-corrected chi connectivity index (χ4v) is 4.05. The summed E-state index contributed by atoms with van der Waals surface area (Å²) in [5.41, 5.74) is 1.52. The fraction of sp³-hybridized carbons (Fsp3) is 0.556. The molecule has 0 aliphatic carbocycles. The Bertz CT molecular complexity index is 979. The first-order chi connectivity index (χ1) is 17.3. The van der Waals surface area contributed by atoms with E-state index in [-0.39, 0.29) is 26.0 Å². The summed E-state index contributed by atoms with van der Waals surface area (Å²) < 4.78 is 10.2. The van der Waals surface area contributed by atoms with Crippen molar-refractivity contribution < 1.29 is 28.7 Å². The van der Waals surface area contributed by atoms with Gasteiger partial charge in [-0.2, -0.15) is 11.8 Å². The maximum Gasteiger partial charge on any atom is 0.408 e. The van der Waals surface area contributed by atoms with Crippen LogP contribution in [-0.2, 0) is 23.9 Å². The van der Waals surface area contributed by atoms with Gasteiger partial charge in [0.2, 0.25) is 5.91 Å². The second-order valence-electron chi connectivity index (χ2n) is 9.49. The maximum atomic E-state index is 13.7. The van der Waals surface area contributed by atoms with Crippen molar-refractivity contribution in [3.8, 4) is 12.5 Å². The molecule has 0 saturated carbocycles. The number of alkyl carbamates (subject to hydrolysis) is 1. The fourth-order valence-electron chi connectivity index (χ4n) is 3.58. The third kappa shape index (κ3) is 11.2. The molecule has 2 unspecified atom stereocenters. The summed E-state index contributed by atoms with van der Waals surface area (Å²) in [7, 11) is 0. The molecule has 0 fully saturated rings. The number of nitrogens with zero attached hydrogens (tertiary/aromatic N) is 1. The molecule has 37 heavy (non-hydrogen) atoms. The highest BCUT2D eigenvalue weighted by atomic mass is 32.2. The van der Waals surface area contributed by atoms with Gasteiger partial charge in [-0.15, -0.1) is 0 Å². The van der Waals surface area contributed by atoms with Gasteiger partial charge in [-0.25, -0.2) is 4.79 Å². The maximum absolute atomic E-state index is 13.7. The van der Waals surface area contributed by atoms with E-state index in [1.54, 1.807) is 39.8 Å². The number of ether oxygens (including phenoxy) is 2. The standard InChI is InChI=1S/C27H39N3O6S/c1-9-30(25(33)21(12-14-37-8)29-26(34)36-27(5,6)7)23(20-16-18(3)15-19(4)17-20)24(32)28-13-11-22(31)35-10-2/h1,15-17,21,23H,10-14H2,2-8H3,(H,28,32)(H,29,34). The summed E-state index contributed by atoms with van der Waals surface area (Å²) in [6.07, 6.45) is 7.16. The highest BCUT2D eigenvalue weighted by Crippen LogP contribution is 2.25. The van der Waals surface area contributed by atoms with E-state index in [1.807, 2.05) is 26.2 Å². The summed E-state index contributed by atoms with van der Waals surface area (Å²) in [5, 5.41) is 5.30. The van der Waals surface area contributed by atoms with Crippen molar-refractivity contribution in [3.63, 3.8) is 0 Å². The van der Waals surface area contributed by atoms with Crippen LogP contribution >= 0.6 is 11.8 Å². The Morgan fingerprint density at radius 1 is 1.14 bits per heavy atom. The minimum atomic E-state index is -1.18. The van der Waals surface area contributed by atoms with Gasteiger partial charge >= 0.3 is 12.1 Å². The van der Waals surface area contributed by atoms with Gasteiger partial charge in [0.1, 0.15) is 17.7 Å². The summed E-state index contributed by atoms with van der Waals surface area (Å²) >= 11 is 1.50. The van der Waals surface area contributed by atoms with Crippen molar-refractivity contribution >= 4 is 35.6 Å². The van der Waals surface area contributed by atoms with Crippen molar-refractivity contribution in [2.24, 2.45) is 0 Å². The van der Waals surface area contributed by atoms with Crippen molar-refractivity contribution in [1.29, 1.82) is 0 Å². The SMILES string of the molecule is C#CN(C(=O)C(CCSC)NC(=O)OC(C)(C)C)C(C(=O)NCCC(=O)OCC)c1cc(C)cc(C)c1. The van der Waals surface area contributed by atoms with Crippen LogP contribution in [0.2, 0.25) is 0 Å². The lowest BCUT2D eigenvalue weighted by atomic mass is 9.98. The van der Waals surface area contributed by atoms with Crippen LogP contribution in [0.4, 0.5) is 4.79 Å². The zero-order chi connectivity index (χ0) is 28.2. The second kappa shape index (κ2) is 15.2. The molecule has 9 nitrogen and oxygen atoms in total. The van der Waals surface area contributed by atoms with Gasteiger partial charge in [0.05, 0.1) is 13.0 Å². The van der Waals surface area contributed by atoms with Crippen LogP contribution in [0.5, 0.6) is 0 Å². The number of hydrogen-bond donors (Lipinski definition) is 2. The number of nitrogens with one attached hydrogen (secondary N) is 2. The van der Waals surface area contributed by atoms with Crippen molar-refractivity contribution in [2.45, 2.75) is 72.1 Å². The molecular formula is C27H39N3O6S. The van der Waals surface area contributed by atoms with E-state index in [1.165, 1.54) is 11.8 Å². The Kier molecular flexibility index (Phi) is 13.0. The van der Waals surface area contributed by atoms with E-state index < -0.39 is 41.6 Å². The zero-order valence-electron chi connectivity index (χ0n) is 22.8. The van der Waals surface area contributed by atoms with Crippen molar-refractivity contribution in [3.05, 3.63) is 34.9 Å². The lowest BCUT2D eigenvalue weighted by Crippen LogP contribution is -2.51. The number of thioether (sulfide) groups is 1. The van der Waals surface area contributed by atoms with Crippen LogP contribution in [0.1, 0.15) is 63.3 Å². The predicted molar refractivity (Wildman–Crippen MR) is 145 cm³/mol. The molecule has 0 saturated heterocycles. The Balaban J connectivity index is 3.33. The first-order valence-electron chi connectivity index (χ1n) is 12.1. The molecule has 0 spiro atoms. The second-order valence-corrected chi connectivity index (χ2v) is 10.5. The smallest absolute Gasteiger partial charge is 0.408 e. The average molecular weight is 534 g/mol. The van der Waals surface area contributed by atoms with Crippen LogP contribution in [0.25, 0.3) is 0 Å². The number of benzene rings is 1. The van der Waals surface area contributed by atoms with Crippen LogP contribution < -0.4 is 10.6 Å². The van der Waals surface area contributed by atoms with Gasteiger partial charge in [-0.05, 0) is 65.5 Å². The molecule has 0 aliphatic rings. The molecular weight excluding hydrogens is 494 g/mol. The van der Waals surface area contributed by atoms with Crippen molar-refractivity contribution in [2.75, 3.05) is 25.2 Å². The third-order valence-corrected chi connectivity index (χ3v) is 5.62. The summed E-state index contributed by atoms with van der Waals surface area (Å²) in [6, 6.07) is 5.64. The number of carbonyl (C=O) groups is 4. The first-order valence-corrected chi connectivity index (χ1v) is 13.5. The number of hydrogen-bond acceptors (Lipinski definition) is 7. The number of carbonyl (C=O) groups excluding carboxylic acids is 4. The van der Waals surface area contributed by atoms with Gasteiger partial charge in [-0.3, -0.25) is 19.3 Å². The van der Waals surface area contributed by atoms with Gasteiger partial charge in [0.25, 0.3) is 5.91 Å². The number of amides is 3. The third-order valence-electron chi connectivity index (χ3n) is 4.98. The minimum Gasteiger partial charge on any atom is -0.466 e. The molecule has 10 heteroatoms. The summed E-state index contributed by atoms with van der Waals surface area (Å²) in [4.78, 5) is 52.3. The van der Waals surface area contributed by atoms with E-state index in [0.29, 0.717) is 11.3 Å². The molecule has 1 rings (SSSR count). The lowest BCUT2D eigenvalue weighted by molar-refractivity contribution is -0.143. The molecule has 2 N–H and O–H groups in total. The Morgan fingerprint density at radius 2 is 1.76 bits per heavy atom. The zero-order valence-corrected chi connectivity index (χ0v) is 23.6. The largest absolute Gasteiger partial charge is 0.466 e. The monoisotopic (exact) mass is 533 g/mol. The molecule has 0 aromatic heterocycles. The van der Waals surface area contributed by atoms with Gasteiger partial charge in [0.15, 0.2) is 0 Å². The summed E-state index contributed by atoms with van der Waals surface area (Å²) in [5.74, 6) is -1.06. The van der Waals surface area contributed by atoms with Crippen LogP contribution in [0, 0.1) is 26.3 Å². The Morgan fingerprint density at radius 3 is 2.27 bits per heavy atom. The van der Waals surface area contributed by atoms with Crippen LogP contribution in [0.3, 0.4) is 0 Å². The Hall–Kier alpha value is -3.19. The topological polar surface area (TPSA) is 114 Å². The predicted octanol–water partition coefficient (Wildman–Crippen LogP) is 3.48. The first kappa shape index (κ1) is 31.8. The Labute approximate surface area is 224 Å². The molecule has 0 heterocycles. The molecule has 2 atom stereocenters. The van der Waals surface area contributed by atoms with E-state index in [9.17, 15) is 19.2 Å². The molecule has 204 valence electrons. The molecule has 0 bridgehead atoms. The number of terminal acetylenes is 1. The lowest BCUT2D eigenvalue weighted by Gasteiger charge is -2.30. The number of esters is 1. The average Bonchev–Trinajstić information content (AvgIpc) is 2.77. The van der Waals surface area contributed by atoms with Crippen LogP contribution in [0.15, 0.2) is 18.2 Å². The van der Waals surface area contributed by atoms with Crippen LogP contribution in [-0.4, -0.2) is 65.6 Å². The quantitative estimate of drug-likeness (QED) is 0.240. The van der Waals surface area contributed by atoms with Gasteiger partial charge in [-0.1, -0.05) is 35.7 Å².